The molecule has 18 heteroatoms. The number of nitrogens with two attached hydrogens (primary N) is 1. The highest BCUT2D eigenvalue weighted by atomic mass is 35.5. The Labute approximate surface area is 367 Å². The summed E-state index contributed by atoms with van der Waals surface area (Å²) in [6.45, 7) is 4.68. The van der Waals surface area contributed by atoms with Crippen molar-refractivity contribution in [3.05, 3.63) is 93.5 Å². The molecule has 3 heterocycles. The molecule has 3 aromatic rings. The van der Waals surface area contributed by atoms with Crippen LogP contribution in [0.25, 0.3) is 0 Å². The molecule has 7 atom stereocenters. The number of hydrogen-bond acceptors (Lipinski definition) is 13. The van der Waals surface area contributed by atoms with Crippen molar-refractivity contribution in [2.45, 2.75) is 76.4 Å². The number of nitrogens with one attached hydrogen (secondary N) is 1. The van der Waals surface area contributed by atoms with Crippen molar-refractivity contribution < 1.29 is 42.6 Å². The lowest BCUT2D eigenvalue weighted by molar-refractivity contribution is -0.115. The number of hydrogen-bond donors (Lipinski definition) is 3. The number of aliphatic hydroxyl groups excluding tert-OH is 1. The van der Waals surface area contributed by atoms with Crippen LogP contribution < -0.4 is 24.8 Å². The highest BCUT2D eigenvalue weighted by molar-refractivity contribution is 7.93. The Hall–Kier alpha value is -5.39. The monoisotopic (exact) mass is 893 g/mol. The highest BCUT2D eigenvalue weighted by Crippen LogP contribution is 2.43. The number of fused-ring (bicyclic) bond motifs is 3. The predicted octanol–water partition coefficient (Wildman–Crippen LogP) is 5.56. The van der Waals surface area contributed by atoms with E-state index in [4.69, 9.17) is 36.3 Å². The number of benzene rings is 2. The van der Waals surface area contributed by atoms with Crippen LogP contribution in [0.15, 0.2) is 75.6 Å². The molecule has 3 aliphatic rings. The number of nitrogens with zero attached hydrogens (tertiary/aromatic N) is 5. The van der Waals surface area contributed by atoms with Crippen LogP contribution in [-0.4, -0.2) is 95.0 Å². The van der Waals surface area contributed by atoms with Crippen molar-refractivity contribution in [3.63, 3.8) is 0 Å². The number of aliphatic imine (C=N–C) groups is 1. The van der Waals surface area contributed by atoms with E-state index in [9.17, 15) is 19.5 Å². The fourth-order valence-electron chi connectivity index (χ4n) is 8.32. The lowest BCUT2D eigenvalue weighted by Gasteiger charge is -2.43. The summed E-state index contributed by atoms with van der Waals surface area (Å²) in [6, 6.07) is 10.8. The number of ether oxygens (including phenoxy) is 4. The smallest absolute Gasteiger partial charge is 0.345 e. The minimum absolute atomic E-state index is 0.0146. The third-order valence-electron chi connectivity index (χ3n) is 11.9. The van der Waals surface area contributed by atoms with Crippen molar-refractivity contribution in [2.75, 3.05) is 39.3 Å². The Balaban J connectivity index is 1.54. The first-order valence-electron chi connectivity index (χ1n) is 20.7. The number of aryl methyl sites for hydroxylation is 2. The van der Waals surface area contributed by atoms with E-state index in [0.29, 0.717) is 42.6 Å². The standard InChI is InChI=1S/C44H56ClN7O9S/c1-7-39-26(2)36(53)16-18-37(61-44(56)34-25-51(4)48-43(34)59-6)32-15-12-30(32)24-52-23-29-11-14-31(45)20-27(29)10-8-9-19-60-38-17-13-28(21-35(38)52)41(54)49-62(39,57)50-42(55)33(22-47-3)40(46)58-5/h11,13-14,16-18,20-22,25-26,30,32,36-37,39,53H,7-10,12,15,19,23-24,46H2,1-6H3,(H,49,50,54,55,57)/b18-16+,40-33?,47-22?/t26-,30-,32+,36-,37-,39+,62?/m0/s1. The average molecular weight is 894 g/mol. The molecule has 1 aromatic heterocycles. The van der Waals surface area contributed by atoms with Gasteiger partial charge >= 0.3 is 5.97 Å². The number of methoxy groups -OCH3 is 2. The number of esters is 1. The van der Waals surface area contributed by atoms with Gasteiger partial charge in [-0.2, -0.15) is 0 Å². The van der Waals surface area contributed by atoms with Crippen molar-refractivity contribution in [3.8, 4) is 11.6 Å². The number of carbonyl (C=O) groups is 3. The number of amides is 2. The van der Waals surface area contributed by atoms with Gasteiger partial charge in [-0.3, -0.25) is 24.0 Å². The summed E-state index contributed by atoms with van der Waals surface area (Å²) >= 11 is 6.52. The summed E-state index contributed by atoms with van der Waals surface area (Å²) in [7, 11) is 1.71. The summed E-state index contributed by atoms with van der Waals surface area (Å²) in [5.41, 5.74) is 8.76. The Morgan fingerprint density at radius 3 is 2.63 bits per heavy atom. The van der Waals surface area contributed by atoms with Crippen molar-refractivity contribution in [1.29, 1.82) is 0 Å². The molecule has 2 aliphatic heterocycles. The van der Waals surface area contributed by atoms with Crippen LogP contribution in [0.5, 0.6) is 11.6 Å². The van der Waals surface area contributed by atoms with Crippen LogP contribution in [0.4, 0.5) is 5.69 Å². The van der Waals surface area contributed by atoms with Crippen LogP contribution in [0, 0.1) is 17.8 Å². The lowest BCUT2D eigenvalue weighted by Crippen LogP contribution is -2.45. The van der Waals surface area contributed by atoms with E-state index in [1.165, 1.54) is 38.2 Å². The maximum atomic E-state index is 15.4. The number of aliphatic hydroxyl groups is 1. The van der Waals surface area contributed by atoms with Gasteiger partial charge < -0.3 is 34.7 Å². The third-order valence-corrected chi connectivity index (χ3v) is 14.6. The van der Waals surface area contributed by atoms with Gasteiger partial charge in [0.25, 0.3) is 11.8 Å². The van der Waals surface area contributed by atoms with Crippen LogP contribution >= 0.6 is 11.6 Å². The molecule has 16 nitrogen and oxygen atoms in total. The van der Waals surface area contributed by atoms with E-state index < -0.39 is 51.1 Å². The van der Waals surface area contributed by atoms with E-state index in [0.717, 1.165) is 43.0 Å². The molecule has 2 amide bonds. The van der Waals surface area contributed by atoms with E-state index in [-0.39, 0.29) is 46.7 Å². The molecule has 4 N–H and O–H groups in total. The van der Waals surface area contributed by atoms with Crippen molar-refractivity contribution in [1.82, 2.24) is 14.5 Å². The summed E-state index contributed by atoms with van der Waals surface area (Å²) in [5, 5.41) is 15.6. The van der Waals surface area contributed by atoms with Gasteiger partial charge in [-0.25, -0.2) is 9.00 Å². The van der Waals surface area contributed by atoms with E-state index in [1.807, 2.05) is 18.2 Å². The summed E-state index contributed by atoms with van der Waals surface area (Å²) in [5.74, 6) is -3.17. The quantitative estimate of drug-likeness (QED) is 0.0836. The molecule has 62 heavy (non-hydrogen) atoms. The SMILES string of the molecule is CC[C@@H]1[C@@H](C)[C@@H](O)/C=C/[C@H](OC(=O)c2cn(C)nc2OC)[C@@H]2CC[C@H]2CN2Cc3ccc(Cl)cc3CCCCOc3ccc(cc32)C(=O)N=S1(=O)NC(=O)C(C=NC)=C(N)OC. The number of anilines is 1. The van der Waals surface area contributed by atoms with Crippen LogP contribution in [-0.2, 0) is 44.2 Å². The average Bonchev–Trinajstić information content (AvgIpc) is 3.62. The number of aromatic nitrogens is 2. The molecule has 0 spiro atoms. The fraction of sp³-hybridized carbons (Fsp3) is 0.477. The van der Waals surface area contributed by atoms with Gasteiger partial charge in [0.2, 0.25) is 5.88 Å². The molecule has 6 rings (SSSR count). The summed E-state index contributed by atoms with van der Waals surface area (Å²) in [4.78, 5) is 48.2. The van der Waals surface area contributed by atoms with Gasteiger partial charge in [0, 0.05) is 62.0 Å². The molecule has 2 bridgehead atoms. The highest BCUT2D eigenvalue weighted by Gasteiger charge is 2.41. The lowest BCUT2D eigenvalue weighted by atomic mass is 9.70. The second-order valence-corrected chi connectivity index (χ2v) is 18.4. The van der Waals surface area contributed by atoms with Crippen LogP contribution in [0.2, 0.25) is 5.02 Å². The van der Waals surface area contributed by atoms with Crippen LogP contribution in [0.3, 0.4) is 0 Å². The van der Waals surface area contributed by atoms with E-state index in [2.05, 4.69) is 24.1 Å². The number of halogens is 1. The zero-order chi connectivity index (χ0) is 44.7. The molecule has 1 saturated carbocycles. The summed E-state index contributed by atoms with van der Waals surface area (Å²) < 4.78 is 46.8. The fourth-order valence-corrected chi connectivity index (χ4v) is 10.8. The zero-order valence-corrected chi connectivity index (χ0v) is 37.5. The van der Waals surface area contributed by atoms with Crippen molar-refractivity contribution in [2.24, 2.45) is 39.9 Å². The zero-order valence-electron chi connectivity index (χ0n) is 35.9. The number of carbonyl (C=O) groups excluding carboxylic acids is 3. The van der Waals surface area contributed by atoms with E-state index in [1.54, 1.807) is 45.2 Å². The van der Waals surface area contributed by atoms with Gasteiger partial charge in [-0.1, -0.05) is 37.6 Å². The molecule has 0 saturated heterocycles. The first-order valence-corrected chi connectivity index (χ1v) is 22.7. The summed E-state index contributed by atoms with van der Waals surface area (Å²) in [6.07, 6.45) is 7.79. The maximum Gasteiger partial charge on any atom is 0.345 e. The maximum absolute atomic E-state index is 15.4. The van der Waals surface area contributed by atoms with Gasteiger partial charge in [0.05, 0.1) is 37.9 Å². The van der Waals surface area contributed by atoms with E-state index >= 15 is 4.21 Å². The molecule has 1 fully saturated rings. The molecular weight excluding hydrogens is 838 g/mol. The molecule has 334 valence electrons. The number of rotatable bonds is 8. The second-order valence-electron chi connectivity index (χ2n) is 15.8. The minimum atomic E-state index is -4.07. The molecule has 1 aliphatic carbocycles. The van der Waals surface area contributed by atoms with Crippen molar-refractivity contribution >= 4 is 51.2 Å². The molecule has 0 radical (unpaired) electrons. The third kappa shape index (κ3) is 10.3. The Morgan fingerprint density at radius 1 is 1.15 bits per heavy atom. The first kappa shape index (κ1) is 46.1. The minimum Gasteiger partial charge on any atom is -0.491 e. The Kier molecular flexibility index (Phi) is 15.0. The predicted molar refractivity (Wildman–Crippen MR) is 237 cm³/mol. The first-order chi connectivity index (χ1) is 29.7. The Morgan fingerprint density at radius 2 is 1.94 bits per heavy atom. The largest absolute Gasteiger partial charge is 0.491 e. The van der Waals surface area contributed by atoms with Gasteiger partial charge in [0.15, 0.2) is 5.88 Å². The van der Waals surface area contributed by atoms with Crippen LogP contribution in [0.1, 0.15) is 77.8 Å². The molecular formula is C44H56ClN7O9S. The van der Waals surface area contributed by atoms with Gasteiger partial charge in [-0.05, 0) is 92.0 Å². The molecule has 1 unspecified atom stereocenters. The second kappa shape index (κ2) is 20.2. The molecule has 2 aromatic carbocycles. The van der Waals surface area contributed by atoms with Gasteiger partial charge in [0.1, 0.15) is 32.9 Å². The topological polar surface area (TPSA) is 209 Å². The normalized spacial score (nSPS) is 26.5. The Bertz CT molecular complexity index is 2370. The van der Waals surface area contributed by atoms with Gasteiger partial charge in [-0.15, -0.1) is 9.46 Å².